The number of carbonyl (C=O) groups excluding carboxylic acids is 1. The van der Waals surface area contributed by atoms with Crippen molar-refractivity contribution in [3.63, 3.8) is 0 Å². The van der Waals surface area contributed by atoms with Gasteiger partial charge in [-0.25, -0.2) is 0 Å². The monoisotopic (exact) mass is 266 g/mol. The number of amides is 1. The van der Waals surface area contributed by atoms with Gasteiger partial charge in [-0.1, -0.05) is 11.3 Å². The molecular formula is C10H14N6OS. The van der Waals surface area contributed by atoms with E-state index < -0.39 is 0 Å². The Kier molecular flexibility index (Phi) is 3.88. The van der Waals surface area contributed by atoms with Gasteiger partial charge in [-0.15, -0.1) is 10.2 Å². The number of rotatable bonds is 5. The maximum absolute atomic E-state index is 11.7. The van der Waals surface area contributed by atoms with Crippen molar-refractivity contribution in [3.8, 4) is 0 Å². The molecular weight excluding hydrogens is 252 g/mol. The third-order valence-electron chi connectivity index (χ3n) is 2.42. The third kappa shape index (κ3) is 2.83. The molecule has 0 fully saturated rings. The van der Waals surface area contributed by atoms with E-state index in [0.29, 0.717) is 16.7 Å². The molecule has 7 nitrogen and oxygen atoms in total. The van der Waals surface area contributed by atoms with Gasteiger partial charge in [0.25, 0.3) is 5.91 Å². The van der Waals surface area contributed by atoms with Gasteiger partial charge in [0.15, 0.2) is 0 Å². The van der Waals surface area contributed by atoms with Crippen LogP contribution in [0.3, 0.4) is 0 Å². The van der Waals surface area contributed by atoms with Crippen molar-refractivity contribution >= 4 is 22.4 Å². The topological polar surface area (TPSA) is 84.7 Å². The van der Waals surface area contributed by atoms with Crippen molar-refractivity contribution in [2.75, 3.05) is 18.9 Å². The summed E-state index contributed by atoms with van der Waals surface area (Å²) in [6.45, 7) is 0.548. The molecule has 2 rings (SSSR count). The van der Waals surface area contributed by atoms with Crippen LogP contribution in [-0.2, 0) is 13.5 Å². The predicted molar refractivity (Wildman–Crippen MR) is 68.7 cm³/mol. The van der Waals surface area contributed by atoms with Gasteiger partial charge < -0.3 is 10.6 Å². The van der Waals surface area contributed by atoms with Crippen molar-refractivity contribution < 1.29 is 4.79 Å². The first kappa shape index (κ1) is 12.5. The van der Waals surface area contributed by atoms with E-state index in [2.05, 4.69) is 25.9 Å². The third-order valence-corrected chi connectivity index (χ3v) is 3.36. The summed E-state index contributed by atoms with van der Waals surface area (Å²) in [5.74, 6) is -0.198. The molecule has 0 atom stereocenters. The number of carbonyl (C=O) groups is 1. The molecule has 0 radical (unpaired) electrons. The Balaban J connectivity index is 1.83. The number of nitrogens with zero attached hydrogens (tertiary/aromatic N) is 4. The van der Waals surface area contributed by atoms with Gasteiger partial charge in [-0.3, -0.25) is 9.48 Å². The zero-order chi connectivity index (χ0) is 13.0. The highest BCUT2D eigenvalue weighted by Crippen LogP contribution is 2.13. The molecule has 2 heterocycles. The van der Waals surface area contributed by atoms with Crippen LogP contribution in [0, 0.1) is 0 Å². The second kappa shape index (κ2) is 5.58. The van der Waals surface area contributed by atoms with E-state index >= 15 is 0 Å². The molecule has 2 N–H and O–H groups in total. The smallest absolute Gasteiger partial charge is 0.282 e. The van der Waals surface area contributed by atoms with E-state index in [9.17, 15) is 4.79 Å². The first-order chi connectivity index (χ1) is 8.70. The lowest BCUT2D eigenvalue weighted by Gasteiger charge is -2.03. The van der Waals surface area contributed by atoms with Crippen LogP contribution in [0.5, 0.6) is 0 Å². The molecule has 8 heteroatoms. The normalized spacial score (nSPS) is 10.3. The van der Waals surface area contributed by atoms with Gasteiger partial charge in [0.2, 0.25) is 10.1 Å². The summed E-state index contributed by atoms with van der Waals surface area (Å²) >= 11 is 1.23. The van der Waals surface area contributed by atoms with Gasteiger partial charge in [0.05, 0.1) is 0 Å². The lowest BCUT2D eigenvalue weighted by Crippen LogP contribution is -2.26. The van der Waals surface area contributed by atoms with E-state index in [0.717, 1.165) is 12.1 Å². The van der Waals surface area contributed by atoms with Crippen LogP contribution >= 0.6 is 11.3 Å². The van der Waals surface area contributed by atoms with Gasteiger partial charge in [0.1, 0.15) is 0 Å². The number of nitrogens with one attached hydrogen (secondary N) is 2. The fourth-order valence-corrected chi connectivity index (χ4v) is 2.06. The second-order valence-electron chi connectivity index (χ2n) is 3.61. The van der Waals surface area contributed by atoms with Gasteiger partial charge in [-0.05, 0) is 6.07 Å². The van der Waals surface area contributed by atoms with Crippen LogP contribution in [-0.4, -0.2) is 39.5 Å². The zero-order valence-electron chi connectivity index (χ0n) is 10.2. The molecule has 0 aliphatic rings. The van der Waals surface area contributed by atoms with Crippen LogP contribution in [0.4, 0.5) is 5.13 Å². The SMILES string of the molecule is CNc1nnc(C(=O)NCCc2ccnn2C)s1. The average Bonchev–Trinajstić information content (AvgIpc) is 2.98. The van der Waals surface area contributed by atoms with Crippen molar-refractivity contribution in [1.29, 1.82) is 0 Å². The maximum atomic E-state index is 11.7. The number of hydrogen-bond donors (Lipinski definition) is 2. The Hall–Kier alpha value is -1.96. The number of aromatic nitrogens is 4. The standard InChI is InChI=1S/C10H14N6OS/c1-11-10-15-14-9(18-10)8(17)12-5-3-7-4-6-13-16(7)2/h4,6H,3,5H2,1-2H3,(H,11,15)(H,12,17). The summed E-state index contributed by atoms with van der Waals surface area (Å²) in [5, 5.41) is 18.3. The Morgan fingerprint density at radius 3 is 2.94 bits per heavy atom. The lowest BCUT2D eigenvalue weighted by atomic mass is 10.3. The molecule has 0 spiro atoms. The molecule has 2 aromatic rings. The fraction of sp³-hybridized carbons (Fsp3) is 0.400. The summed E-state index contributed by atoms with van der Waals surface area (Å²) in [7, 11) is 3.62. The van der Waals surface area contributed by atoms with E-state index in [1.54, 1.807) is 17.9 Å². The molecule has 0 aliphatic heterocycles. The van der Waals surface area contributed by atoms with Crippen LogP contribution < -0.4 is 10.6 Å². The number of hydrogen-bond acceptors (Lipinski definition) is 6. The quantitative estimate of drug-likeness (QED) is 0.812. The van der Waals surface area contributed by atoms with Crippen LogP contribution in [0.15, 0.2) is 12.3 Å². The molecule has 96 valence electrons. The van der Waals surface area contributed by atoms with E-state index in [1.807, 2.05) is 13.1 Å². The Morgan fingerprint density at radius 1 is 1.50 bits per heavy atom. The van der Waals surface area contributed by atoms with Gasteiger partial charge in [-0.2, -0.15) is 5.10 Å². The number of aryl methyl sites for hydroxylation is 1. The van der Waals surface area contributed by atoms with Crippen molar-refractivity contribution in [2.45, 2.75) is 6.42 Å². The first-order valence-electron chi connectivity index (χ1n) is 5.47. The predicted octanol–water partition coefficient (Wildman–Crippen LogP) is 0.286. The molecule has 2 aromatic heterocycles. The summed E-state index contributed by atoms with van der Waals surface area (Å²) < 4.78 is 1.79. The van der Waals surface area contributed by atoms with Crippen LogP contribution in [0.25, 0.3) is 0 Å². The molecule has 0 aromatic carbocycles. The lowest BCUT2D eigenvalue weighted by molar-refractivity contribution is 0.0953. The van der Waals surface area contributed by atoms with Crippen molar-refractivity contribution in [3.05, 3.63) is 23.0 Å². The highest BCUT2D eigenvalue weighted by atomic mass is 32.1. The average molecular weight is 266 g/mol. The maximum Gasteiger partial charge on any atom is 0.282 e. The van der Waals surface area contributed by atoms with E-state index in [1.165, 1.54) is 11.3 Å². The minimum atomic E-state index is -0.198. The highest BCUT2D eigenvalue weighted by molar-refractivity contribution is 7.17. The molecule has 0 aliphatic carbocycles. The van der Waals surface area contributed by atoms with E-state index in [-0.39, 0.29) is 5.91 Å². The van der Waals surface area contributed by atoms with Crippen molar-refractivity contribution in [2.24, 2.45) is 7.05 Å². The molecule has 0 saturated carbocycles. The zero-order valence-corrected chi connectivity index (χ0v) is 11.0. The number of anilines is 1. The summed E-state index contributed by atoms with van der Waals surface area (Å²) in [6, 6.07) is 1.93. The molecule has 18 heavy (non-hydrogen) atoms. The van der Waals surface area contributed by atoms with E-state index in [4.69, 9.17) is 0 Å². The Morgan fingerprint density at radius 2 is 2.33 bits per heavy atom. The van der Waals surface area contributed by atoms with Gasteiger partial charge in [0, 0.05) is 39.0 Å². The summed E-state index contributed by atoms with van der Waals surface area (Å²) in [5.41, 5.74) is 1.07. The van der Waals surface area contributed by atoms with Crippen molar-refractivity contribution in [1.82, 2.24) is 25.3 Å². The molecule has 0 bridgehead atoms. The minimum absolute atomic E-state index is 0.198. The van der Waals surface area contributed by atoms with Crippen LogP contribution in [0.1, 0.15) is 15.5 Å². The highest BCUT2D eigenvalue weighted by Gasteiger charge is 2.11. The minimum Gasteiger partial charge on any atom is -0.363 e. The molecule has 0 saturated heterocycles. The largest absolute Gasteiger partial charge is 0.363 e. The molecule has 0 unspecified atom stereocenters. The van der Waals surface area contributed by atoms with Crippen LogP contribution in [0.2, 0.25) is 0 Å². The van der Waals surface area contributed by atoms with Gasteiger partial charge >= 0.3 is 0 Å². The first-order valence-corrected chi connectivity index (χ1v) is 6.28. The summed E-state index contributed by atoms with van der Waals surface area (Å²) in [4.78, 5) is 11.7. The summed E-state index contributed by atoms with van der Waals surface area (Å²) in [6.07, 6.45) is 2.47. The Labute approximate surface area is 108 Å². The fourth-order valence-electron chi connectivity index (χ4n) is 1.44. The Bertz CT molecular complexity index is 534. The second-order valence-corrected chi connectivity index (χ2v) is 4.59. The molecule has 1 amide bonds.